The maximum atomic E-state index is 13.4. The molecule has 1 saturated heterocycles. The summed E-state index contributed by atoms with van der Waals surface area (Å²) >= 11 is 0. The first-order valence-corrected chi connectivity index (χ1v) is 13.0. The van der Waals surface area contributed by atoms with Gasteiger partial charge in [-0.05, 0) is 73.7 Å². The molecule has 0 aliphatic carbocycles. The second-order valence-corrected chi connectivity index (χ2v) is 9.49. The molecule has 0 unspecified atom stereocenters. The van der Waals surface area contributed by atoms with Gasteiger partial charge in [0.1, 0.15) is 11.6 Å². The number of nitrogens with zero attached hydrogens (tertiary/aromatic N) is 3. The van der Waals surface area contributed by atoms with Gasteiger partial charge in [-0.3, -0.25) is 4.79 Å². The van der Waals surface area contributed by atoms with E-state index in [1.54, 1.807) is 0 Å². The number of hydrogen-bond donors (Lipinski definition) is 1. The molecule has 0 spiro atoms. The summed E-state index contributed by atoms with van der Waals surface area (Å²) in [6, 6.07) is 22.8. The van der Waals surface area contributed by atoms with Crippen LogP contribution >= 0.6 is 0 Å². The Labute approximate surface area is 217 Å². The summed E-state index contributed by atoms with van der Waals surface area (Å²) in [5.74, 6) is 1.67. The fraction of sp³-hybridized carbons (Fsp3) is 0.333. The van der Waals surface area contributed by atoms with Crippen LogP contribution in [0.5, 0.6) is 5.75 Å². The molecule has 1 N–H and O–H groups in total. The maximum absolute atomic E-state index is 13.4. The molecule has 5 rings (SSSR count). The molecule has 192 valence electrons. The highest BCUT2D eigenvalue weighted by molar-refractivity contribution is 5.80. The number of fused-ring (bicyclic) bond motifs is 1. The summed E-state index contributed by atoms with van der Waals surface area (Å²) < 4.78 is 21.1. The molecule has 1 aromatic heterocycles. The Kier molecular flexibility index (Phi) is 7.68. The molecule has 0 radical (unpaired) electrons. The topological polar surface area (TPSA) is 59.4 Å². The van der Waals surface area contributed by atoms with Crippen molar-refractivity contribution >= 4 is 22.9 Å². The van der Waals surface area contributed by atoms with E-state index in [0.29, 0.717) is 19.7 Å². The van der Waals surface area contributed by atoms with Crippen LogP contribution in [-0.4, -0.2) is 41.7 Å². The normalized spacial score (nSPS) is 14.2. The Morgan fingerprint density at radius 1 is 1.00 bits per heavy atom. The molecule has 1 aliphatic heterocycles. The van der Waals surface area contributed by atoms with E-state index in [0.717, 1.165) is 60.6 Å². The van der Waals surface area contributed by atoms with E-state index in [2.05, 4.69) is 20.9 Å². The number of aromatic nitrogens is 2. The predicted octanol–water partition coefficient (Wildman–Crippen LogP) is 5.20. The Hall–Kier alpha value is -3.87. The fourth-order valence-corrected chi connectivity index (χ4v) is 4.97. The van der Waals surface area contributed by atoms with Crippen molar-refractivity contribution in [2.75, 3.05) is 31.1 Å². The van der Waals surface area contributed by atoms with Gasteiger partial charge in [0.05, 0.1) is 24.2 Å². The van der Waals surface area contributed by atoms with Crippen molar-refractivity contribution in [3.63, 3.8) is 0 Å². The van der Waals surface area contributed by atoms with E-state index in [1.165, 1.54) is 17.7 Å². The van der Waals surface area contributed by atoms with Crippen LogP contribution in [0.4, 0.5) is 10.3 Å². The third-order valence-corrected chi connectivity index (χ3v) is 6.98. The summed E-state index contributed by atoms with van der Waals surface area (Å²) in [5.41, 5.74) is 4.19. The Bertz CT molecular complexity index is 1330. The number of rotatable bonds is 9. The second-order valence-electron chi connectivity index (χ2n) is 9.49. The summed E-state index contributed by atoms with van der Waals surface area (Å²) in [7, 11) is 0. The van der Waals surface area contributed by atoms with E-state index in [4.69, 9.17) is 9.72 Å². The molecule has 0 bridgehead atoms. The summed E-state index contributed by atoms with van der Waals surface area (Å²) in [6.07, 6.45) is 2.37. The predicted molar refractivity (Wildman–Crippen MR) is 144 cm³/mol. The van der Waals surface area contributed by atoms with Gasteiger partial charge in [-0.15, -0.1) is 0 Å². The van der Waals surface area contributed by atoms with Crippen LogP contribution in [0.3, 0.4) is 0 Å². The highest BCUT2D eigenvalue weighted by Gasteiger charge is 2.27. The lowest BCUT2D eigenvalue weighted by atomic mass is 9.96. The molecule has 7 heteroatoms. The van der Waals surface area contributed by atoms with Crippen molar-refractivity contribution in [2.24, 2.45) is 5.92 Å². The average molecular weight is 501 g/mol. The lowest BCUT2D eigenvalue weighted by molar-refractivity contribution is -0.125. The number of anilines is 1. The minimum atomic E-state index is -0.237. The van der Waals surface area contributed by atoms with Crippen LogP contribution in [0, 0.1) is 11.7 Å². The average Bonchev–Trinajstić information content (AvgIpc) is 3.29. The maximum Gasteiger partial charge on any atom is 0.223 e. The number of carbonyl (C=O) groups excluding carboxylic acids is 1. The molecule has 0 saturated carbocycles. The fourth-order valence-electron chi connectivity index (χ4n) is 4.97. The zero-order chi connectivity index (χ0) is 25.6. The number of imidazole rings is 1. The number of hydrogen-bond acceptors (Lipinski definition) is 4. The number of amides is 1. The standard InChI is InChI=1S/C30H33FN4O2/c1-2-37-26-13-9-22(10-14-26)15-18-32-29(36)24-16-19-34(20-17-24)30-33-27-5-3-4-6-28(27)35(30)21-23-7-11-25(31)12-8-23/h3-14,24H,2,15-21H2,1H3,(H,32,36). The van der Waals surface area contributed by atoms with Gasteiger partial charge in [-0.1, -0.05) is 36.4 Å². The lowest BCUT2D eigenvalue weighted by Gasteiger charge is -2.32. The van der Waals surface area contributed by atoms with E-state index < -0.39 is 0 Å². The van der Waals surface area contributed by atoms with Crippen molar-refractivity contribution < 1.29 is 13.9 Å². The van der Waals surface area contributed by atoms with Crippen molar-refractivity contribution in [2.45, 2.75) is 32.7 Å². The quantitative estimate of drug-likeness (QED) is 0.343. The monoisotopic (exact) mass is 500 g/mol. The molecular weight excluding hydrogens is 467 g/mol. The van der Waals surface area contributed by atoms with Crippen molar-refractivity contribution in [1.82, 2.24) is 14.9 Å². The molecule has 1 fully saturated rings. The van der Waals surface area contributed by atoms with Crippen molar-refractivity contribution in [3.05, 3.63) is 89.7 Å². The number of nitrogens with one attached hydrogen (secondary N) is 1. The Morgan fingerprint density at radius 3 is 2.43 bits per heavy atom. The highest BCUT2D eigenvalue weighted by Crippen LogP contribution is 2.28. The Morgan fingerprint density at radius 2 is 1.70 bits per heavy atom. The first kappa shape index (κ1) is 24.8. The number of piperidine rings is 1. The summed E-state index contributed by atoms with van der Waals surface area (Å²) in [5, 5.41) is 3.13. The van der Waals surface area contributed by atoms with Gasteiger partial charge in [0.2, 0.25) is 11.9 Å². The van der Waals surface area contributed by atoms with E-state index in [1.807, 2.05) is 61.5 Å². The SMILES string of the molecule is CCOc1ccc(CCNC(=O)C2CCN(c3nc4ccccc4n3Cc3ccc(F)cc3)CC2)cc1. The lowest BCUT2D eigenvalue weighted by Crippen LogP contribution is -2.42. The van der Waals surface area contributed by atoms with Crippen LogP contribution in [0.25, 0.3) is 11.0 Å². The molecule has 1 amide bonds. The molecule has 4 aromatic rings. The van der Waals surface area contributed by atoms with Gasteiger partial charge in [0, 0.05) is 25.6 Å². The number of para-hydroxylation sites is 2. The largest absolute Gasteiger partial charge is 0.494 e. The van der Waals surface area contributed by atoms with E-state index in [-0.39, 0.29) is 17.6 Å². The van der Waals surface area contributed by atoms with Crippen LogP contribution in [0.1, 0.15) is 30.9 Å². The molecule has 37 heavy (non-hydrogen) atoms. The van der Waals surface area contributed by atoms with Gasteiger partial charge in [0.15, 0.2) is 0 Å². The first-order valence-electron chi connectivity index (χ1n) is 13.0. The van der Waals surface area contributed by atoms with Gasteiger partial charge < -0.3 is 19.5 Å². The molecule has 2 heterocycles. The van der Waals surface area contributed by atoms with Gasteiger partial charge in [0.25, 0.3) is 0 Å². The smallest absolute Gasteiger partial charge is 0.223 e. The minimum Gasteiger partial charge on any atom is -0.494 e. The molecule has 0 atom stereocenters. The van der Waals surface area contributed by atoms with Gasteiger partial charge in [-0.2, -0.15) is 0 Å². The Balaban J connectivity index is 1.19. The molecular formula is C30H33FN4O2. The zero-order valence-corrected chi connectivity index (χ0v) is 21.2. The zero-order valence-electron chi connectivity index (χ0n) is 21.2. The third kappa shape index (κ3) is 5.93. The number of benzene rings is 3. The van der Waals surface area contributed by atoms with Crippen molar-refractivity contribution in [1.29, 1.82) is 0 Å². The second kappa shape index (κ2) is 11.5. The van der Waals surface area contributed by atoms with Gasteiger partial charge >= 0.3 is 0 Å². The summed E-state index contributed by atoms with van der Waals surface area (Å²) in [4.78, 5) is 20.0. The molecule has 1 aliphatic rings. The number of halogens is 1. The third-order valence-electron chi connectivity index (χ3n) is 6.98. The van der Waals surface area contributed by atoms with Gasteiger partial charge in [-0.25, -0.2) is 9.37 Å². The number of ether oxygens (including phenoxy) is 1. The van der Waals surface area contributed by atoms with E-state index in [9.17, 15) is 9.18 Å². The molecule has 3 aromatic carbocycles. The minimum absolute atomic E-state index is 0.00603. The van der Waals surface area contributed by atoms with Crippen LogP contribution < -0.4 is 15.0 Å². The first-order chi connectivity index (χ1) is 18.1. The van der Waals surface area contributed by atoms with Crippen molar-refractivity contribution in [3.8, 4) is 5.75 Å². The summed E-state index contributed by atoms with van der Waals surface area (Å²) in [6.45, 7) is 5.40. The van der Waals surface area contributed by atoms with Crippen LogP contribution in [-0.2, 0) is 17.8 Å². The number of carbonyl (C=O) groups is 1. The van der Waals surface area contributed by atoms with Crippen LogP contribution in [0.2, 0.25) is 0 Å². The van der Waals surface area contributed by atoms with E-state index >= 15 is 0 Å². The van der Waals surface area contributed by atoms with Crippen LogP contribution in [0.15, 0.2) is 72.8 Å². The molecule has 6 nitrogen and oxygen atoms in total. The highest BCUT2D eigenvalue weighted by atomic mass is 19.1.